The number of rotatable bonds is 6. The molecule has 0 saturated carbocycles. The Hall–Kier alpha value is -2.15. The van der Waals surface area contributed by atoms with Crippen LogP contribution in [0.2, 0.25) is 0 Å². The first-order valence-electron chi connectivity index (χ1n) is 8.87. The Labute approximate surface area is 176 Å². The lowest BCUT2D eigenvalue weighted by Gasteiger charge is -2.22. The van der Waals surface area contributed by atoms with Crippen LogP contribution in [0.5, 0.6) is 5.75 Å². The Morgan fingerprint density at radius 3 is 2.57 bits per heavy atom. The molecule has 0 aliphatic rings. The van der Waals surface area contributed by atoms with Crippen molar-refractivity contribution in [2.24, 2.45) is 0 Å². The molecule has 0 aliphatic heterocycles. The van der Waals surface area contributed by atoms with Crippen LogP contribution in [0.4, 0.5) is 5.13 Å². The van der Waals surface area contributed by atoms with E-state index in [1.165, 1.54) is 11.1 Å². The highest BCUT2D eigenvalue weighted by atomic mass is 35.5. The van der Waals surface area contributed by atoms with Crippen molar-refractivity contribution < 1.29 is 9.53 Å². The van der Waals surface area contributed by atoms with Gasteiger partial charge in [0.1, 0.15) is 5.75 Å². The molecule has 0 aliphatic carbocycles. The van der Waals surface area contributed by atoms with Crippen molar-refractivity contribution in [2.45, 2.75) is 13.8 Å². The first-order chi connectivity index (χ1) is 12.9. The van der Waals surface area contributed by atoms with E-state index in [-0.39, 0.29) is 18.3 Å². The van der Waals surface area contributed by atoms with E-state index >= 15 is 0 Å². The number of ether oxygens (including phenoxy) is 1. The van der Waals surface area contributed by atoms with E-state index in [1.807, 2.05) is 32.3 Å². The standard InChI is InChI=1S/C21H25N3O2S.ClH/c1-14-11-15(2)19-18(12-14)22-21(27-19)24(10-9-23(3)4)20(25)16-7-6-8-17(13-16)26-5;/h6-8,11-13H,9-10H2,1-5H3;1H. The van der Waals surface area contributed by atoms with Crippen LogP contribution >= 0.6 is 23.7 Å². The quantitative estimate of drug-likeness (QED) is 0.587. The van der Waals surface area contributed by atoms with Gasteiger partial charge in [0.2, 0.25) is 0 Å². The molecule has 1 heterocycles. The largest absolute Gasteiger partial charge is 0.497 e. The maximum atomic E-state index is 13.3. The molecule has 0 saturated heterocycles. The summed E-state index contributed by atoms with van der Waals surface area (Å²) in [5.41, 5.74) is 3.91. The molecular formula is C21H26ClN3O2S. The van der Waals surface area contributed by atoms with Gasteiger partial charge in [-0.15, -0.1) is 12.4 Å². The second-order valence-electron chi connectivity index (χ2n) is 6.92. The number of hydrogen-bond acceptors (Lipinski definition) is 5. The van der Waals surface area contributed by atoms with Gasteiger partial charge in [-0.3, -0.25) is 9.69 Å². The summed E-state index contributed by atoms with van der Waals surface area (Å²) in [6.07, 6.45) is 0. The topological polar surface area (TPSA) is 45.7 Å². The molecule has 3 aromatic rings. The Morgan fingerprint density at radius 2 is 1.89 bits per heavy atom. The number of amides is 1. The van der Waals surface area contributed by atoms with Crippen LogP contribution in [-0.4, -0.2) is 50.1 Å². The van der Waals surface area contributed by atoms with Crippen molar-refractivity contribution in [1.82, 2.24) is 9.88 Å². The van der Waals surface area contributed by atoms with Gasteiger partial charge in [0.25, 0.3) is 5.91 Å². The highest BCUT2D eigenvalue weighted by molar-refractivity contribution is 7.22. The predicted octanol–water partition coefficient (Wildman–Crippen LogP) is 4.55. The minimum Gasteiger partial charge on any atom is -0.497 e. The molecule has 0 spiro atoms. The second kappa shape index (κ2) is 9.37. The van der Waals surface area contributed by atoms with Gasteiger partial charge >= 0.3 is 0 Å². The number of methoxy groups -OCH3 is 1. The number of carbonyl (C=O) groups excluding carboxylic acids is 1. The van der Waals surface area contributed by atoms with E-state index in [4.69, 9.17) is 9.72 Å². The van der Waals surface area contributed by atoms with Gasteiger partial charge in [-0.05, 0) is 63.3 Å². The molecule has 0 radical (unpaired) electrons. The molecule has 0 unspecified atom stereocenters. The molecule has 1 amide bonds. The maximum Gasteiger partial charge on any atom is 0.260 e. The van der Waals surface area contributed by atoms with E-state index in [0.29, 0.717) is 17.9 Å². The van der Waals surface area contributed by atoms with Gasteiger partial charge in [0.05, 0.1) is 17.3 Å². The normalized spacial score (nSPS) is 10.8. The first kappa shape index (κ1) is 22.1. The van der Waals surface area contributed by atoms with Crippen LogP contribution < -0.4 is 9.64 Å². The van der Waals surface area contributed by atoms with Gasteiger partial charge in [-0.2, -0.15) is 0 Å². The summed E-state index contributed by atoms with van der Waals surface area (Å²) < 4.78 is 6.40. The van der Waals surface area contributed by atoms with Crippen LogP contribution in [0.25, 0.3) is 10.2 Å². The first-order valence-corrected chi connectivity index (χ1v) is 9.69. The lowest BCUT2D eigenvalue weighted by atomic mass is 10.1. The monoisotopic (exact) mass is 419 g/mol. The molecular weight excluding hydrogens is 394 g/mol. The zero-order valence-corrected chi connectivity index (χ0v) is 18.5. The number of thiazole rings is 1. The number of nitrogens with zero attached hydrogens (tertiary/aromatic N) is 3. The fourth-order valence-corrected chi connectivity index (χ4v) is 4.02. The molecule has 0 atom stereocenters. The molecule has 5 nitrogen and oxygen atoms in total. The smallest absolute Gasteiger partial charge is 0.260 e. The van der Waals surface area contributed by atoms with Gasteiger partial charge in [0.15, 0.2) is 5.13 Å². The minimum atomic E-state index is -0.0656. The third-order valence-corrected chi connectivity index (χ3v) is 5.60. The number of anilines is 1. The average molecular weight is 420 g/mol. The summed E-state index contributed by atoms with van der Waals surface area (Å²) in [7, 11) is 5.60. The van der Waals surface area contributed by atoms with Crippen molar-refractivity contribution in [3.63, 3.8) is 0 Å². The van der Waals surface area contributed by atoms with Crippen LogP contribution in [0, 0.1) is 13.8 Å². The minimum absolute atomic E-state index is 0. The molecule has 2 aromatic carbocycles. The van der Waals surface area contributed by atoms with Crippen molar-refractivity contribution in [3.8, 4) is 5.75 Å². The highest BCUT2D eigenvalue weighted by Gasteiger charge is 2.22. The molecule has 1 aromatic heterocycles. The zero-order chi connectivity index (χ0) is 19.6. The Bertz CT molecular complexity index is 971. The molecule has 0 N–H and O–H groups in total. The number of hydrogen-bond donors (Lipinski definition) is 0. The Morgan fingerprint density at radius 1 is 1.14 bits per heavy atom. The number of aromatic nitrogens is 1. The zero-order valence-electron chi connectivity index (χ0n) is 16.9. The van der Waals surface area contributed by atoms with E-state index in [0.717, 1.165) is 21.9 Å². The van der Waals surface area contributed by atoms with Crippen LogP contribution in [0.15, 0.2) is 36.4 Å². The number of fused-ring (bicyclic) bond motifs is 1. The average Bonchev–Trinajstić information content (AvgIpc) is 3.05. The van der Waals surface area contributed by atoms with E-state index < -0.39 is 0 Å². The summed E-state index contributed by atoms with van der Waals surface area (Å²) >= 11 is 1.57. The van der Waals surface area contributed by atoms with Gasteiger partial charge < -0.3 is 9.64 Å². The van der Waals surface area contributed by atoms with E-state index in [1.54, 1.807) is 29.4 Å². The lowest BCUT2D eigenvalue weighted by molar-refractivity contribution is 0.0985. The van der Waals surface area contributed by atoms with Gasteiger partial charge in [-0.1, -0.05) is 23.5 Å². The summed E-state index contributed by atoms with van der Waals surface area (Å²) in [5, 5.41) is 0.730. The number of halogens is 1. The second-order valence-corrected chi connectivity index (χ2v) is 7.90. The van der Waals surface area contributed by atoms with Crippen molar-refractivity contribution in [2.75, 3.05) is 39.2 Å². The third kappa shape index (κ3) is 4.82. The van der Waals surface area contributed by atoms with Gasteiger partial charge in [0, 0.05) is 18.7 Å². The van der Waals surface area contributed by atoms with Crippen molar-refractivity contribution in [1.29, 1.82) is 0 Å². The number of carbonyl (C=O) groups is 1. The fraction of sp³-hybridized carbons (Fsp3) is 0.333. The highest BCUT2D eigenvalue weighted by Crippen LogP contribution is 2.33. The van der Waals surface area contributed by atoms with E-state index in [9.17, 15) is 4.79 Å². The summed E-state index contributed by atoms with van der Waals surface area (Å²) in [5.74, 6) is 0.605. The van der Waals surface area contributed by atoms with Crippen LogP contribution in [0.1, 0.15) is 21.5 Å². The fourth-order valence-electron chi connectivity index (χ4n) is 2.98. The van der Waals surface area contributed by atoms with Crippen molar-refractivity contribution in [3.05, 3.63) is 53.1 Å². The van der Waals surface area contributed by atoms with E-state index in [2.05, 4.69) is 30.9 Å². The summed E-state index contributed by atoms with van der Waals surface area (Å²) in [4.78, 5) is 21.9. The van der Waals surface area contributed by atoms with Crippen LogP contribution in [0.3, 0.4) is 0 Å². The van der Waals surface area contributed by atoms with Crippen LogP contribution in [-0.2, 0) is 0 Å². The molecule has 28 heavy (non-hydrogen) atoms. The molecule has 0 fully saturated rings. The molecule has 0 bridgehead atoms. The molecule has 7 heteroatoms. The van der Waals surface area contributed by atoms with Crippen molar-refractivity contribution >= 4 is 45.0 Å². The third-order valence-electron chi connectivity index (χ3n) is 4.37. The summed E-state index contributed by atoms with van der Waals surface area (Å²) in [6, 6.07) is 11.5. The van der Waals surface area contributed by atoms with Gasteiger partial charge in [-0.25, -0.2) is 4.98 Å². The number of likely N-dealkylation sites (N-methyl/N-ethyl adjacent to an activating group) is 1. The lowest BCUT2D eigenvalue weighted by Crippen LogP contribution is -2.36. The number of benzene rings is 2. The Balaban J connectivity index is 0.00000280. The maximum absolute atomic E-state index is 13.3. The predicted molar refractivity (Wildman–Crippen MR) is 120 cm³/mol. The number of aryl methyl sites for hydroxylation is 2. The summed E-state index contributed by atoms with van der Waals surface area (Å²) in [6.45, 7) is 5.48. The SMILES string of the molecule is COc1cccc(C(=O)N(CCN(C)C)c2nc3cc(C)cc(C)c3s2)c1.Cl. The molecule has 150 valence electrons. The molecule has 3 rings (SSSR count). The Kier molecular flexibility index (Phi) is 7.41.